The van der Waals surface area contributed by atoms with Gasteiger partial charge in [0, 0.05) is 6.26 Å². The van der Waals surface area contributed by atoms with Gasteiger partial charge in [0.1, 0.15) is 10.7 Å². The molecule has 0 atom stereocenters. The highest BCUT2D eigenvalue weighted by Crippen LogP contribution is 2.18. The maximum atomic E-state index is 11.4. The third-order valence-electron chi connectivity index (χ3n) is 2.66. The summed E-state index contributed by atoms with van der Waals surface area (Å²) in [5, 5.41) is 4.02. The van der Waals surface area contributed by atoms with E-state index in [0.717, 1.165) is 17.4 Å². The Kier molecular flexibility index (Phi) is 3.13. The van der Waals surface area contributed by atoms with Crippen molar-refractivity contribution >= 4 is 15.7 Å². The number of hydrogen-bond acceptors (Lipinski definition) is 4. The first kappa shape index (κ1) is 12.6. The zero-order valence-corrected chi connectivity index (χ0v) is 11.1. The van der Waals surface area contributed by atoms with Crippen LogP contribution in [0.5, 0.6) is 0 Å². The van der Waals surface area contributed by atoms with Gasteiger partial charge in [-0.25, -0.2) is 13.1 Å². The van der Waals surface area contributed by atoms with Gasteiger partial charge in [0.05, 0.1) is 12.7 Å². The number of anilines is 1. The fourth-order valence-corrected chi connectivity index (χ4v) is 2.50. The van der Waals surface area contributed by atoms with E-state index in [1.54, 1.807) is 0 Å². The van der Waals surface area contributed by atoms with Crippen LogP contribution in [0.3, 0.4) is 0 Å². The van der Waals surface area contributed by atoms with Crippen LogP contribution in [0.1, 0.15) is 11.1 Å². The molecule has 5 nitrogen and oxygen atoms in total. The topological polar surface area (TPSA) is 78.0 Å². The van der Waals surface area contributed by atoms with E-state index in [2.05, 4.69) is 5.10 Å². The molecule has 0 amide bonds. The Balaban J connectivity index is 2.34. The molecule has 96 valence electrons. The smallest absolute Gasteiger partial charge is 0.180 e. The summed E-state index contributed by atoms with van der Waals surface area (Å²) in [6.07, 6.45) is 2.41. The van der Waals surface area contributed by atoms with Gasteiger partial charge in [-0.3, -0.25) is 0 Å². The number of benzene rings is 1. The molecule has 0 radical (unpaired) electrons. The second-order valence-corrected chi connectivity index (χ2v) is 6.30. The van der Waals surface area contributed by atoms with Crippen LogP contribution in [0.25, 0.3) is 0 Å². The molecule has 0 fully saturated rings. The van der Waals surface area contributed by atoms with Crippen molar-refractivity contribution in [3.05, 3.63) is 41.6 Å². The predicted octanol–water partition coefficient (Wildman–Crippen LogP) is 1.23. The van der Waals surface area contributed by atoms with E-state index < -0.39 is 9.84 Å². The summed E-state index contributed by atoms with van der Waals surface area (Å²) in [6.45, 7) is 2.46. The zero-order chi connectivity index (χ0) is 13.3. The molecule has 2 aromatic rings. The first-order valence-corrected chi connectivity index (χ1v) is 7.34. The van der Waals surface area contributed by atoms with Gasteiger partial charge in [-0.2, -0.15) is 5.10 Å². The van der Waals surface area contributed by atoms with Gasteiger partial charge in [-0.1, -0.05) is 29.8 Å². The highest BCUT2D eigenvalue weighted by atomic mass is 32.2. The van der Waals surface area contributed by atoms with Crippen molar-refractivity contribution in [2.75, 3.05) is 12.0 Å². The second-order valence-electron chi connectivity index (χ2n) is 4.31. The number of nitrogen functional groups attached to an aromatic ring is 1. The van der Waals surface area contributed by atoms with Gasteiger partial charge in [-0.15, -0.1) is 0 Å². The van der Waals surface area contributed by atoms with Crippen LogP contribution < -0.4 is 5.73 Å². The fraction of sp³-hybridized carbons (Fsp3) is 0.250. The van der Waals surface area contributed by atoms with Crippen molar-refractivity contribution in [1.82, 2.24) is 9.78 Å². The Morgan fingerprint density at radius 2 is 2.11 bits per heavy atom. The number of aromatic nitrogens is 2. The number of hydrogen-bond donors (Lipinski definition) is 1. The number of nitrogens with zero attached hydrogens (tertiary/aromatic N) is 2. The summed E-state index contributed by atoms with van der Waals surface area (Å²) in [7, 11) is -3.32. The first-order valence-electron chi connectivity index (χ1n) is 5.45. The predicted molar refractivity (Wildman–Crippen MR) is 70.0 cm³/mol. The Morgan fingerprint density at radius 1 is 1.39 bits per heavy atom. The molecule has 18 heavy (non-hydrogen) atoms. The van der Waals surface area contributed by atoms with E-state index >= 15 is 0 Å². The van der Waals surface area contributed by atoms with Gasteiger partial charge in [0.25, 0.3) is 0 Å². The lowest BCUT2D eigenvalue weighted by Gasteiger charge is -2.05. The Labute approximate surface area is 106 Å². The monoisotopic (exact) mass is 265 g/mol. The van der Waals surface area contributed by atoms with E-state index in [0.29, 0.717) is 6.54 Å². The molecule has 0 aliphatic heterocycles. The number of nitrogens with two attached hydrogens (primary N) is 1. The minimum atomic E-state index is -3.32. The van der Waals surface area contributed by atoms with Crippen LogP contribution in [0.4, 0.5) is 5.82 Å². The maximum Gasteiger partial charge on any atom is 0.180 e. The van der Waals surface area contributed by atoms with E-state index in [1.807, 2.05) is 31.2 Å². The molecule has 0 saturated carbocycles. The third kappa shape index (κ3) is 2.53. The highest BCUT2D eigenvalue weighted by Gasteiger charge is 2.16. The lowest BCUT2D eigenvalue weighted by molar-refractivity contribution is 0.602. The van der Waals surface area contributed by atoms with Crippen LogP contribution in [0.15, 0.2) is 35.4 Å². The molecule has 0 saturated heterocycles. The maximum absolute atomic E-state index is 11.4. The summed E-state index contributed by atoms with van der Waals surface area (Å²) in [6, 6.07) is 7.91. The van der Waals surface area contributed by atoms with E-state index in [4.69, 9.17) is 5.73 Å². The van der Waals surface area contributed by atoms with Crippen molar-refractivity contribution in [3.63, 3.8) is 0 Å². The van der Waals surface area contributed by atoms with Crippen LogP contribution >= 0.6 is 0 Å². The number of aryl methyl sites for hydroxylation is 1. The van der Waals surface area contributed by atoms with Crippen LogP contribution in [-0.4, -0.2) is 24.5 Å². The average Bonchev–Trinajstić information content (AvgIpc) is 2.60. The molecular formula is C12H15N3O2S. The van der Waals surface area contributed by atoms with E-state index in [9.17, 15) is 8.42 Å². The van der Waals surface area contributed by atoms with E-state index in [1.165, 1.54) is 10.9 Å². The molecule has 1 aromatic carbocycles. The van der Waals surface area contributed by atoms with Crippen molar-refractivity contribution in [3.8, 4) is 0 Å². The fourth-order valence-electron chi connectivity index (χ4n) is 1.77. The molecule has 1 heterocycles. The Hall–Kier alpha value is -1.82. The number of sulfone groups is 1. The summed E-state index contributed by atoms with van der Waals surface area (Å²) < 4.78 is 24.4. The van der Waals surface area contributed by atoms with Crippen molar-refractivity contribution < 1.29 is 8.42 Å². The zero-order valence-electron chi connectivity index (χ0n) is 10.3. The third-order valence-corrected chi connectivity index (χ3v) is 3.77. The second kappa shape index (κ2) is 4.45. The molecule has 2 rings (SSSR count). The molecule has 0 aliphatic carbocycles. The molecule has 6 heteroatoms. The van der Waals surface area contributed by atoms with Crippen molar-refractivity contribution in [2.24, 2.45) is 0 Å². The minimum Gasteiger partial charge on any atom is -0.383 e. The average molecular weight is 265 g/mol. The van der Waals surface area contributed by atoms with Gasteiger partial charge < -0.3 is 5.73 Å². The van der Waals surface area contributed by atoms with Crippen molar-refractivity contribution in [1.29, 1.82) is 0 Å². The van der Waals surface area contributed by atoms with E-state index in [-0.39, 0.29) is 10.7 Å². The summed E-state index contributed by atoms with van der Waals surface area (Å²) in [5.74, 6) is 0.180. The van der Waals surface area contributed by atoms with Crippen LogP contribution in [0.2, 0.25) is 0 Å². The highest BCUT2D eigenvalue weighted by molar-refractivity contribution is 7.90. The summed E-state index contributed by atoms with van der Waals surface area (Å²) in [4.78, 5) is 0.0788. The summed E-state index contributed by atoms with van der Waals surface area (Å²) in [5.41, 5.74) is 7.97. The van der Waals surface area contributed by atoms with Gasteiger partial charge in [0.15, 0.2) is 9.84 Å². The lowest BCUT2D eigenvalue weighted by Crippen LogP contribution is -2.08. The Morgan fingerprint density at radius 3 is 2.67 bits per heavy atom. The Bertz CT molecular complexity index is 674. The summed E-state index contributed by atoms with van der Waals surface area (Å²) >= 11 is 0. The molecule has 0 aliphatic rings. The van der Waals surface area contributed by atoms with Gasteiger partial charge in [-0.05, 0) is 12.5 Å². The normalized spacial score (nSPS) is 11.7. The molecule has 0 bridgehead atoms. The van der Waals surface area contributed by atoms with Gasteiger partial charge >= 0.3 is 0 Å². The SMILES string of the molecule is Cc1cccc(Cn2ncc(S(C)(=O)=O)c2N)c1. The van der Waals surface area contributed by atoms with Crippen LogP contribution in [0, 0.1) is 6.92 Å². The van der Waals surface area contributed by atoms with Gasteiger partial charge in [0.2, 0.25) is 0 Å². The molecule has 2 N–H and O–H groups in total. The lowest BCUT2D eigenvalue weighted by atomic mass is 10.1. The quantitative estimate of drug-likeness (QED) is 0.905. The minimum absolute atomic E-state index is 0.0788. The molecule has 1 aromatic heterocycles. The van der Waals surface area contributed by atoms with Crippen molar-refractivity contribution in [2.45, 2.75) is 18.4 Å². The largest absolute Gasteiger partial charge is 0.383 e. The molecule has 0 unspecified atom stereocenters. The number of rotatable bonds is 3. The molecule has 0 spiro atoms. The molecular weight excluding hydrogens is 250 g/mol. The first-order chi connectivity index (χ1) is 8.38. The standard InChI is InChI=1S/C12H15N3O2S/c1-9-4-3-5-10(6-9)8-15-12(13)11(7-14-15)18(2,16)17/h3-7H,8,13H2,1-2H3. The van der Waals surface area contributed by atoms with Crippen LogP contribution in [-0.2, 0) is 16.4 Å².